The van der Waals surface area contributed by atoms with Crippen LogP contribution in [-0.2, 0) is 0 Å². The van der Waals surface area contributed by atoms with Crippen molar-refractivity contribution in [3.63, 3.8) is 0 Å². The van der Waals surface area contributed by atoms with Crippen molar-refractivity contribution in [2.75, 3.05) is 0 Å². The first kappa shape index (κ1) is 10.1. The summed E-state index contributed by atoms with van der Waals surface area (Å²) in [6.07, 6.45) is 4.84. The van der Waals surface area contributed by atoms with Crippen LogP contribution in [0.1, 0.15) is 33.6 Å². The van der Waals surface area contributed by atoms with Crippen molar-refractivity contribution in [1.29, 1.82) is 0 Å². The van der Waals surface area contributed by atoms with E-state index in [1.54, 1.807) is 0 Å². The molecule has 0 saturated heterocycles. The molecule has 0 atom stereocenters. The summed E-state index contributed by atoms with van der Waals surface area (Å²) < 4.78 is 0. The van der Waals surface area contributed by atoms with Crippen LogP contribution in [0, 0.1) is 12.3 Å². The summed E-state index contributed by atoms with van der Waals surface area (Å²) in [4.78, 5) is 0. The molecule has 0 fully saturated rings. The first-order chi connectivity index (χ1) is 3.27. The predicted octanol–water partition coefficient (Wildman–Crippen LogP) is 2.65. The van der Waals surface area contributed by atoms with Crippen LogP contribution in [0.15, 0.2) is 0 Å². The molecule has 0 N–H and O–H groups in total. The van der Waals surface area contributed by atoms with Crippen molar-refractivity contribution in [1.82, 2.24) is 0 Å². The Bertz CT molecular complexity index is 33.4. The standard InChI is InChI=1S/C7H15.Rf/c1-4-5-6-7(2)3;/h4,7H,5-6H2,1-3H3;/q-1;. The largest absolute Gasteiger partial charge is 0.332 e. The molecule has 1 heteroatoms. The SMILES string of the molecule is C[CH-]CCC(C)C.[Rf]. The number of hydrogen-bond donors (Lipinski definition) is 0. The minimum atomic E-state index is 0. The molecule has 0 aliphatic rings. The molecule has 0 aromatic rings. The quantitative estimate of drug-likeness (QED) is 0.674. The molecule has 0 heterocycles. The van der Waals surface area contributed by atoms with Gasteiger partial charge in [-0.15, -0.1) is 0 Å². The molecule has 0 nitrogen and oxygen atoms in total. The molecule has 0 aromatic heterocycles. The van der Waals surface area contributed by atoms with Crippen LogP contribution in [0.4, 0.5) is 0 Å². The maximum atomic E-state index is 2.25. The van der Waals surface area contributed by atoms with Crippen LogP contribution in [0.3, 0.4) is 0 Å². The van der Waals surface area contributed by atoms with Gasteiger partial charge in [0.2, 0.25) is 0 Å². The molecule has 0 unspecified atom stereocenters. The Morgan fingerprint density at radius 3 is 2.00 bits per heavy atom. The number of hydrogen-bond acceptors (Lipinski definition) is 0. The van der Waals surface area contributed by atoms with Crippen molar-refractivity contribution >= 4 is 0 Å². The molecular weight excluding hydrogens is 351 g/mol. The second-order valence-electron chi connectivity index (χ2n) is 2.38. The fourth-order valence-corrected chi connectivity index (χ4v) is 0.500. The smallest absolute Gasteiger partial charge is 0 e. The van der Waals surface area contributed by atoms with Gasteiger partial charge in [-0.2, -0.15) is 13.3 Å². The van der Waals surface area contributed by atoms with Crippen molar-refractivity contribution in [3.8, 4) is 0 Å². The van der Waals surface area contributed by atoms with Crippen LogP contribution in [0.25, 0.3) is 0 Å². The Morgan fingerprint density at radius 2 is 1.88 bits per heavy atom. The van der Waals surface area contributed by atoms with Gasteiger partial charge in [0.05, 0.1) is 0 Å². The third kappa shape index (κ3) is 8.89. The van der Waals surface area contributed by atoms with E-state index in [1.165, 1.54) is 12.8 Å². The third-order valence-corrected chi connectivity index (χ3v) is 1.03. The Kier molecular flexibility index (Phi) is 7.56. The van der Waals surface area contributed by atoms with Gasteiger partial charge in [-0.1, -0.05) is 20.3 Å². The van der Waals surface area contributed by atoms with Gasteiger partial charge >= 0.3 is 0 Å². The number of unbranched alkanes of at least 4 members (excludes halogenated alkanes) is 1. The second kappa shape index (κ2) is 6.00. The Morgan fingerprint density at radius 1 is 1.38 bits per heavy atom. The van der Waals surface area contributed by atoms with Crippen LogP contribution in [0.2, 0.25) is 0 Å². The Balaban J connectivity index is 0. The molecular formula is C7H15Rf-. The molecule has 46 valence electrons. The monoisotopic (exact) mass is 366 g/mol. The van der Waals surface area contributed by atoms with Crippen molar-refractivity contribution in [3.05, 3.63) is 6.42 Å². The van der Waals surface area contributed by atoms with Gasteiger partial charge < -0.3 is 6.42 Å². The van der Waals surface area contributed by atoms with Gasteiger partial charge in [-0.25, -0.2) is 0 Å². The third-order valence-electron chi connectivity index (χ3n) is 1.03. The molecule has 0 aliphatic heterocycles. The first-order valence-corrected chi connectivity index (χ1v) is 3.05. The average Bonchev–Trinajstić information content (AvgIpc) is 1.61. The van der Waals surface area contributed by atoms with Crippen molar-refractivity contribution in [2.45, 2.75) is 33.6 Å². The van der Waals surface area contributed by atoms with Crippen LogP contribution < -0.4 is 0 Å². The van der Waals surface area contributed by atoms with Crippen molar-refractivity contribution in [2.24, 2.45) is 5.92 Å². The minimum Gasteiger partial charge on any atom is -0.332 e. The molecule has 0 rings (SSSR count). The fourth-order valence-electron chi connectivity index (χ4n) is 0.500. The zero-order valence-electron chi connectivity index (χ0n) is 6.28. The summed E-state index contributed by atoms with van der Waals surface area (Å²) in [7, 11) is 0. The molecule has 0 bridgehead atoms. The van der Waals surface area contributed by atoms with E-state index in [-0.39, 0.29) is 0 Å². The van der Waals surface area contributed by atoms with E-state index in [9.17, 15) is 0 Å². The van der Waals surface area contributed by atoms with E-state index in [0.29, 0.717) is 0 Å². The predicted molar refractivity (Wildman–Crippen MR) is 34.0 cm³/mol. The van der Waals surface area contributed by atoms with Crippen molar-refractivity contribution < 1.29 is 0 Å². The van der Waals surface area contributed by atoms with Crippen LogP contribution >= 0.6 is 0 Å². The zero-order valence-corrected chi connectivity index (χ0v) is 12.7. The summed E-state index contributed by atoms with van der Waals surface area (Å²) in [5.74, 6) is 0.871. The summed E-state index contributed by atoms with van der Waals surface area (Å²) in [6, 6.07) is 0. The maximum absolute atomic E-state index is 2.25. The second-order valence-corrected chi connectivity index (χ2v) is 2.38. The molecule has 0 saturated carbocycles. The van der Waals surface area contributed by atoms with E-state index in [0.717, 1.165) is 5.92 Å². The van der Waals surface area contributed by atoms with Gasteiger partial charge in [-0.3, -0.25) is 0 Å². The molecule has 0 aliphatic carbocycles. The van der Waals surface area contributed by atoms with E-state index in [4.69, 9.17) is 0 Å². The topological polar surface area (TPSA) is 0 Å². The van der Waals surface area contributed by atoms with E-state index in [1.807, 2.05) is 0 Å². The minimum absolute atomic E-state index is 0. The van der Waals surface area contributed by atoms with E-state index in [2.05, 4.69) is 27.2 Å². The molecule has 8 heavy (non-hydrogen) atoms. The summed E-state index contributed by atoms with van der Waals surface area (Å²) >= 11 is 0. The van der Waals surface area contributed by atoms with Crippen LogP contribution in [0.5, 0.6) is 0 Å². The van der Waals surface area contributed by atoms with Gasteiger partial charge in [0.25, 0.3) is 0 Å². The summed E-state index contributed by atoms with van der Waals surface area (Å²) in [6.45, 7) is 6.62. The van der Waals surface area contributed by atoms with Gasteiger partial charge in [0, 0.05) is 0 Å². The van der Waals surface area contributed by atoms with Gasteiger partial charge in [0.15, 0.2) is 0 Å². The normalized spacial score (nSPS) is 9.00. The van der Waals surface area contributed by atoms with Gasteiger partial charge in [0.1, 0.15) is 0 Å². The average molecular weight is 366 g/mol. The van der Waals surface area contributed by atoms with Crippen LogP contribution in [-0.4, -0.2) is 0 Å². The summed E-state index contributed by atoms with van der Waals surface area (Å²) in [5, 5.41) is 0. The molecule has 0 aromatic carbocycles. The van der Waals surface area contributed by atoms with E-state index >= 15 is 0 Å². The Labute approximate surface area is 46.9 Å². The fraction of sp³-hybridized carbons (Fsp3) is 0.857. The molecule has 0 spiro atoms. The molecule has 0 radical (unpaired) electrons. The number of rotatable bonds is 3. The Hall–Kier alpha value is -1.00. The first-order valence-electron chi connectivity index (χ1n) is 3.05. The zero-order chi connectivity index (χ0) is 5.70. The maximum Gasteiger partial charge on any atom is 0 e. The van der Waals surface area contributed by atoms with E-state index < -0.39 is 0 Å². The molecule has 0 amide bonds. The van der Waals surface area contributed by atoms with Gasteiger partial charge in [-0.05, 0) is 5.92 Å². The summed E-state index contributed by atoms with van der Waals surface area (Å²) in [5.41, 5.74) is 0.